The number of thiophene rings is 1. The van der Waals surface area contributed by atoms with Gasteiger partial charge in [0.2, 0.25) is 5.91 Å². The predicted octanol–water partition coefficient (Wildman–Crippen LogP) is 5.44. The number of thiazole rings is 1. The van der Waals surface area contributed by atoms with Gasteiger partial charge in [-0.05, 0) is 56.3 Å². The summed E-state index contributed by atoms with van der Waals surface area (Å²) in [5, 5.41) is 1.24. The highest BCUT2D eigenvalue weighted by Crippen LogP contribution is 2.34. The van der Waals surface area contributed by atoms with E-state index in [1.165, 1.54) is 21.7 Å². The third-order valence-electron chi connectivity index (χ3n) is 6.25. The number of hydrogen-bond donors (Lipinski definition) is 0. The standard InChI is InChI=1S/C23H28Cl2N4O3S3/c1-3-27(4-2)12-13-29(23-26-18-8-7-17(24)14-19(18)33-23)22(30)16-6-5-11-28(15-16)35(31,32)21-10-9-20(25)34-21/h7-10,14,16H,3-6,11-13,15H2,1-2H3. The molecule has 12 heteroatoms. The highest BCUT2D eigenvalue weighted by Gasteiger charge is 2.36. The van der Waals surface area contributed by atoms with Crippen molar-refractivity contribution in [2.75, 3.05) is 44.2 Å². The Morgan fingerprint density at radius 1 is 1.14 bits per heavy atom. The maximum absolute atomic E-state index is 13.9. The van der Waals surface area contributed by atoms with Crippen molar-refractivity contribution in [3.8, 4) is 0 Å². The van der Waals surface area contributed by atoms with Crippen LogP contribution in [0.4, 0.5) is 5.13 Å². The number of rotatable bonds is 9. The van der Waals surface area contributed by atoms with Gasteiger partial charge in [-0.3, -0.25) is 9.69 Å². The summed E-state index contributed by atoms with van der Waals surface area (Å²) in [6.07, 6.45) is 1.25. The van der Waals surface area contributed by atoms with Gasteiger partial charge in [-0.1, -0.05) is 48.4 Å². The van der Waals surface area contributed by atoms with Gasteiger partial charge in [0.1, 0.15) is 4.21 Å². The number of piperidine rings is 1. The van der Waals surface area contributed by atoms with Crippen LogP contribution in [0.25, 0.3) is 10.2 Å². The first-order valence-electron chi connectivity index (χ1n) is 11.6. The summed E-state index contributed by atoms with van der Waals surface area (Å²) < 4.78 is 29.3. The normalized spacial score (nSPS) is 17.3. The molecule has 2 aromatic heterocycles. The smallest absolute Gasteiger partial charge is 0.252 e. The molecule has 4 rings (SSSR count). The minimum Gasteiger partial charge on any atom is -0.302 e. The van der Waals surface area contributed by atoms with Crippen LogP contribution in [0.15, 0.2) is 34.5 Å². The quantitative estimate of drug-likeness (QED) is 0.340. The molecule has 3 aromatic rings. The molecule has 1 fully saturated rings. The molecule has 190 valence electrons. The van der Waals surface area contributed by atoms with Gasteiger partial charge in [-0.15, -0.1) is 11.3 Å². The van der Waals surface area contributed by atoms with Crippen LogP contribution >= 0.6 is 45.9 Å². The van der Waals surface area contributed by atoms with Crippen LogP contribution < -0.4 is 4.90 Å². The number of aromatic nitrogens is 1. The van der Waals surface area contributed by atoms with Crippen LogP contribution in [-0.2, 0) is 14.8 Å². The lowest BCUT2D eigenvalue weighted by atomic mass is 9.98. The van der Waals surface area contributed by atoms with E-state index in [-0.39, 0.29) is 16.7 Å². The maximum Gasteiger partial charge on any atom is 0.252 e. The number of halogens is 2. The van der Waals surface area contributed by atoms with E-state index in [2.05, 4.69) is 18.7 Å². The SMILES string of the molecule is CCN(CC)CCN(C(=O)C1CCCN(S(=O)(=O)c2ccc(Cl)s2)C1)c1nc2ccc(Cl)cc2s1. The number of likely N-dealkylation sites (N-methyl/N-ethyl adjacent to an activating group) is 1. The first kappa shape index (κ1) is 26.8. The number of carbonyl (C=O) groups is 1. The Labute approximate surface area is 224 Å². The van der Waals surface area contributed by atoms with Crippen LogP contribution in [0, 0.1) is 5.92 Å². The van der Waals surface area contributed by atoms with E-state index >= 15 is 0 Å². The zero-order valence-electron chi connectivity index (χ0n) is 19.6. The molecule has 0 N–H and O–H groups in total. The molecular formula is C23H28Cl2N4O3S3. The van der Waals surface area contributed by atoms with Crippen molar-refractivity contribution >= 4 is 77.2 Å². The molecule has 1 aliphatic heterocycles. The van der Waals surface area contributed by atoms with Crippen molar-refractivity contribution in [2.24, 2.45) is 5.92 Å². The zero-order chi connectivity index (χ0) is 25.2. The lowest BCUT2D eigenvalue weighted by Crippen LogP contribution is -2.48. The van der Waals surface area contributed by atoms with Crippen molar-refractivity contribution in [3.63, 3.8) is 0 Å². The molecule has 0 radical (unpaired) electrons. The molecule has 0 saturated carbocycles. The second-order valence-electron chi connectivity index (χ2n) is 8.39. The number of sulfonamides is 1. The van der Waals surface area contributed by atoms with Crippen molar-refractivity contribution in [1.29, 1.82) is 0 Å². The van der Waals surface area contributed by atoms with Gasteiger partial charge >= 0.3 is 0 Å². The van der Waals surface area contributed by atoms with Gasteiger partial charge in [0.15, 0.2) is 5.13 Å². The molecule has 3 heterocycles. The van der Waals surface area contributed by atoms with E-state index in [9.17, 15) is 13.2 Å². The lowest BCUT2D eigenvalue weighted by molar-refractivity contribution is -0.123. The number of fused-ring (bicyclic) bond motifs is 1. The summed E-state index contributed by atoms with van der Waals surface area (Å²) in [4.78, 5) is 22.6. The second-order valence-corrected chi connectivity index (χ2v) is 13.7. The van der Waals surface area contributed by atoms with Crippen LogP contribution in [0.5, 0.6) is 0 Å². The number of amides is 1. The molecule has 1 aromatic carbocycles. The first-order valence-corrected chi connectivity index (χ1v) is 15.4. The van der Waals surface area contributed by atoms with Crippen LogP contribution in [0.2, 0.25) is 9.36 Å². The molecule has 35 heavy (non-hydrogen) atoms. The average Bonchev–Trinajstić information content (AvgIpc) is 3.48. The molecule has 1 unspecified atom stereocenters. The minimum atomic E-state index is -3.70. The van der Waals surface area contributed by atoms with E-state index < -0.39 is 15.9 Å². The van der Waals surface area contributed by atoms with Gasteiger partial charge < -0.3 is 4.90 Å². The van der Waals surface area contributed by atoms with E-state index in [0.717, 1.165) is 34.6 Å². The summed E-state index contributed by atoms with van der Waals surface area (Å²) >= 11 is 14.6. The fourth-order valence-electron chi connectivity index (χ4n) is 4.23. The molecule has 7 nitrogen and oxygen atoms in total. The number of nitrogens with zero attached hydrogens (tertiary/aromatic N) is 4. The van der Waals surface area contributed by atoms with Crippen molar-refractivity contribution in [1.82, 2.24) is 14.2 Å². The molecular weight excluding hydrogens is 547 g/mol. The van der Waals surface area contributed by atoms with Crippen LogP contribution in [0.3, 0.4) is 0 Å². The summed E-state index contributed by atoms with van der Waals surface area (Å²) in [7, 11) is -3.70. The Morgan fingerprint density at radius 3 is 2.60 bits per heavy atom. The van der Waals surface area contributed by atoms with Gasteiger partial charge in [-0.25, -0.2) is 13.4 Å². The molecule has 1 aliphatic rings. The molecule has 0 spiro atoms. The second kappa shape index (κ2) is 11.4. The number of benzene rings is 1. The van der Waals surface area contributed by atoms with Gasteiger partial charge in [-0.2, -0.15) is 4.31 Å². The van der Waals surface area contributed by atoms with Crippen molar-refractivity contribution in [2.45, 2.75) is 30.9 Å². The van der Waals surface area contributed by atoms with Crippen molar-refractivity contribution in [3.05, 3.63) is 39.7 Å². The van der Waals surface area contributed by atoms with E-state index in [1.54, 1.807) is 17.0 Å². The Kier molecular flexibility index (Phi) is 8.73. The highest BCUT2D eigenvalue weighted by molar-refractivity contribution is 7.91. The third kappa shape index (κ3) is 6.01. The van der Waals surface area contributed by atoms with E-state index in [1.807, 2.05) is 12.1 Å². The summed E-state index contributed by atoms with van der Waals surface area (Å²) in [6.45, 7) is 7.68. The fourth-order valence-corrected chi connectivity index (χ4v) is 8.66. The van der Waals surface area contributed by atoms with E-state index in [4.69, 9.17) is 28.2 Å². The monoisotopic (exact) mass is 574 g/mol. The summed E-state index contributed by atoms with van der Waals surface area (Å²) in [6, 6.07) is 8.60. The molecule has 0 bridgehead atoms. The highest BCUT2D eigenvalue weighted by atomic mass is 35.5. The maximum atomic E-state index is 13.9. The Morgan fingerprint density at radius 2 is 1.91 bits per heavy atom. The van der Waals surface area contributed by atoms with Crippen LogP contribution in [0.1, 0.15) is 26.7 Å². The Hall–Kier alpha value is -1.27. The topological polar surface area (TPSA) is 73.8 Å². The van der Waals surface area contributed by atoms with Crippen LogP contribution in [-0.4, -0.2) is 67.8 Å². The fraction of sp³-hybridized carbons (Fsp3) is 0.478. The Balaban J connectivity index is 1.60. The van der Waals surface area contributed by atoms with Gasteiger partial charge in [0, 0.05) is 31.2 Å². The first-order chi connectivity index (χ1) is 16.7. The zero-order valence-corrected chi connectivity index (χ0v) is 23.6. The van der Waals surface area contributed by atoms with Gasteiger partial charge in [0.05, 0.1) is 20.5 Å². The molecule has 1 saturated heterocycles. The number of anilines is 1. The third-order valence-corrected chi connectivity index (χ3v) is 11.1. The Bertz CT molecular complexity index is 1290. The van der Waals surface area contributed by atoms with Crippen molar-refractivity contribution < 1.29 is 13.2 Å². The van der Waals surface area contributed by atoms with E-state index in [0.29, 0.717) is 47.0 Å². The molecule has 0 aliphatic carbocycles. The minimum absolute atomic E-state index is 0.0913. The largest absolute Gasteiger partial charge is 0.302 e. The molecule has 1 atom stereocenters. The molecule has 1 amide bonds. The number of carbonyl (C=O) groups excluding carboxylic acids is 1. The predicted molar refractivity (Wildman–Crippen MR) is 146 cm³/mol. The average molecular weight is 576 g/mol. The lowest BCUT2D eigenvalue weighted by Gasteiger charge is -2.34. The number of hydrogen-bond acceptors (Lipinski definition) is 7. The summed E-state index contributed by atoms with van der Waals surface area (Å²) in [5.41, 5.74) is 0.789. The summed E-state index contributed by atoms with van der Waals surface area (Å²) in [5.74, 6) is -0.535. The van der Waals surface area contributed by atoms with Gasteiger partial charge in [0.25, 0.3) is 10.0 Å².